The summed E-state index contributed by atoms with van der Waals surface area (Å²) in [5.74, 6) is 0.448. The number of benzene rings is 2. The minimum Gasteiger partial charge on any atom is -0.361 e. The molecular formula is C37H55N3O2. The molecule has 0 fully saturated rings. The molecule has 0 aliphatic rings. The van der Waals surface area contributed by atoms with Crippen LogP contribution >= 0.6 is 0 Å². The fraction of sp³-hybridized carbons (Fsp3) is 0.568. The van der Waals surface area contributed by atoms with Gasteiger partial charge in [-0.15, -0.1) is 0 Å². The van der Waals surface area contributed by atoms with E-state index in [9.17, 15) is 9.59 Å². The Balaban J connectivity index is 1.51. The maximum absolute atomic E-state index is 13.8. The van der Waals surface area contributed by atoms with Gasteiger partial charge in [-0.25, -0.2) is 0 Å². The van der Waals surface area contributed by atoms with Crippen LogP contribution in [0.3, 0.4) is 0 Å². The second-order valence-corrected chi connectivity index (χ2v) is 12.4. The van der Waals surface area contributed by atoms with E-state index in [1.807, 2.05) is 34.1 Å². The van der Waals surface area contributed by atoms with Gasteiger partial charge in [0.2, 0.25) is 11.8 Å². The van der Waals surface area contributed by atoms with Crippen LogP contribution in [-0.2, 0) is 22.6 Å². The van der Waals surface area contributed by atoms with Gasteiger partial charge in [-0.05, 0) is 36.0 Å². The predicted octanol–water partition coefficient (Wildman–Crippen LogP) is 8.92. The van der Waals surface area contributed by atoms with E-state index in [2.05, 4.69) is 62.3 Å². The Hall–Kier alpha value is -3.08. The molecule has 0 bridgehead atoms. The molecule has 0 atom stereocenters. The van der Waals surface area contributed by atoms with E-state index < -0.39 is 0 Å². The first kappa shape index (κ1) is 33.4. The number of fused-ring (bicyclic) bond motifs is 1. The highest BCUT2D eigenvalue weighted by molar-refractivity contribution is 5.85. The molecule has 0 unspecified atom stereocenters. The van der Waals surface area contributed by atoms with Crippen LogP contribution in [0.1, 0.15) is 109 Å². The fourth-order valence-electron chi connectivity index (χ4n) is 5.75. The van der Waals surface area contributed by atoms with E-state index >= 15 is 0 Å². The third-order valence-corrected chi connectivity index (χ3v) is 8.15. The first-order chi connectivity index (χ1) is 20.5. The van der Waals surface area contributed by atoms with Crippen molar-refractivity contribution in [2.45, 2.75) is 111 Å². The summed E-state index contributed by atoms with van der Waals surface area (Å²) in [6.45, 7) is 8.42. The van der Waals surface area contributed by atoms with Crippen LogP contribution < -0.4 is 0 Å². The van der Waals surface area contributed by atoms with Crippen molar-refractivity contribution in [3.8, 4) is 0 Å². The Labute approximate surface area is 255 Å². The summed E-state index contributed by atoms with van der Waals surface area (Å²) in [4.78, 5) is 34.1. The molecule has 1 N–H and O–H groups in total. The molecule has 1 aromatic heterocycles. The number of unbranched alkanes of at least 4 members (excludes halogenated alkanes) is 10. The topological polar surface area (TPSA) is 56.4 Å². The van der Waals surface area contributed by atoms with Crippen molar-refractivity contribution >= 4 is 22.7 Å². The summed E-state index contributed by atoms with van der Waals surface area (Å²) in [6, 6.07) is 18.4. The number of carbonyl (C=O) groups excluding carboxylic acids is 2. The summed E-state index contributed by atoms with van der Waals surface area (Å²) in [5, 5.41) is 1.20. The number of rotatable bonds is 21. The Morgan fingerprint density at radius 1 is 0.738 bits per heavy atom. The molecule has 5 heteroatoms. The highest BCUT2D eigenvalue weighted by Crippen LogP contribution is 2.19. The van der Waals surface area contributed by atoms with Crippen LogP contribution in [0.25, 0.3) is 10.9 Å². The second-order valence-electron chi connectivity index (χ2n) is 12.4. The van der Waals surface area contributed by atoms with Crippen molar-refractivity contribution in [2.24, 2.45) is 5.92 Å². The molecule has 1 heterocycles. The molecule has 2 amide bonds. The van der Waals surface area contributed by atoms with Crippen LogP contribution in [-0.4, -0.2) is 46.2 Å². The van der Waals surface area contributed by atoms with Gasteiger partial charge in [-0.2, -0.15) is 0 Å². The first-order valence-electron chi connectivity index (χ1n) is 16.6. The van der Waals surface area contributed by atoms with Gasteiger partial charge in [-0.3, -0.25) is 9.59 Å². The zero-order valence-corrected chi connectivity index (χ0v) is 26.6. The zero-order chi connectivity index (χ0) is 30.0. The van der Waals surface area contributed by atoms with Crippen molar-refractivity contribution in [3.05, 3.63) is 71.9 Å². The van der Waals surface area contributed by atoms with Crippen molar-refractivity contribution in [2.75, 3.05) is 19.6 Å². The number of aromatic nitrogens is 1. The molecule has 5 nitrogen and oxygen atoms in total. The van der Waals surface area contributed by atoms with Gasteiger partial charge in [-0.1, -0.05) is 134 Å². The van der Waals surface area contributed by atoms with Crippen molar-refractivity contribution in [1.29, 1.82) is 0 Å². The Morgan fingerprint density at radius 2 is 1.36 bits per heavy atom. The zero-order valence-electron chi connectivity index (χ0n) is 26.6. The lowest BCUT2D eigenvalue weighted by Crippen LogP contribution is -2.44. The number of para-hydroxylation sites is 1. The molecule has 3 rings (SSSR count). The first-order valence-corrected chi connectivity index (χ1v) is 16.6. The normalized spacial score (nSPS) is 11.3. The fourth-order valence-corrected chi connectivity index (χ4v) is 5.75. The van der Waals surface area contributed by atoms with Crippen LogP contribution in [0, 0.1) is 5.92 Å². The van der Waals surface area contributed by atoms with Gasteiger partial charge >= 0.3 is 0 Å². The van der Waals surface area contributed by atoms with Crippen molar-refractivity contribution in [3.63, 3.8) is 0 Å². The lowest BCUT2D eigenvalue weighted by Gasteiger charge is -2.29. The molecule has 230 valence electrons. The number of amides is 2. The highest BCUT2D eigenvalue weighted by atomic mass is 16.2. The van der Waals surface area contributed by atoms with E-state index in [1.54, 1.807) is 0 Å². The second kappa shape index (κ2) is 19.2. The molecule has 0 spiro atoms. The van der Waals surface area contributed by atoms with Crippen LogP contribution in [0.5, 0.6) is 0 Å². The maximum Gasteiger partial charge on any atom is 0.242 e. The van der Waals surface area contributed by atoms with Gasteiger partial charge in [0.1, 0.15) is 0 Å². The summed E-state index contributed by atoms with van der Waals surface area (Å²) in [5.41, 5.74) is 3.43. The van der Waals surface area contributed by atoms with Gasteiger partial charge in [0, 0.05) is 43.2 Å². The Kier molecular flexibility index (Phi) is 15.3. The Morgan fingerprint density at radius 3 is 2.02 bits per heavy atom. The van der Waals surface area contributed by atoms with Gasteiger partial charge in [0.05, 0.1) is 6.54 Å². The van der Waals surface area contributed by atoms with E-state index in [0.717, 1.165) is 30.3 Å². The lowest BCUT2D eigenvalue weighted by atomic mass is 10.0. The van der Waals surface area contributed by atoms with E-state index in [0.29, 0.717) is 32.0 Å². The Bertz CT molecular complexity index is 1170. The van der Waals surface area contributed by atoms with Gasteiger partial charge in [0.25, 0.3) is 0 Å². The molecule has 0 saturated heterocycles. The maximum atomic E-state index is 13.8. The molecule has 0 aliphatic carbocycles. The van der Waals surface area contributed by atoms with Crippen molar-refractivity contribution < 1.29 is 9.59 Å². The summed E-state index contributed by atoms with van der Waals surface area (Å²) in [7, 11) is 0. The number of nitrogens with one attached hydrogen (secondary N) is 1. The lowest BCUT2D eigenvalue weighted by molar-refractivity contribution is -0.141. The smallest absolute Gasteiger partial charge is 0.242 e. The molecular weight excluding hydrogens is 518 g/mol. The third kappa shape index (κ3) is 12.0. The molecule has 2 aromatic carbocycles. The third-order valence-electron chi connectivity index (χ3n) is 8.15. The summed E-state index contributed by atoms with van der Waals surface area (Å²) < 4.78 is 0. The molecule has 3 aromatic rings. The summed E-state index contributed by atoms with van der Waals surface area (Å²) in [6.07, 6.45) is 17.2. The standard InChI is InChI=1S/C37H55N3O2/c1-4-5-6-7-8-9-10-11-12-13-17-24-36(41)40(28-31(2)3)30-37(42)39(29-32-20-15-14-16-21-32)26-25-33-27-38-35-23-19-18-22-34(33)35/h14-16,18-23,27,31,38H,4-13,17,24-26,28-30H2,1-3H3. The monoisotopic (exact) mass is 573 g/mol. The van der Waals surface area contributed by atoms with E-state index in [-0.39, 0.29) is 18.4 Å². The minimum atomic E-state index is 0.0200. The number of aromatic amines is 1. The number of hydrogen-bond donors (Lipinski definition) is 1. The van der Waals surface area contributed by atoms with E-state index in [4.69, 9.17) is 0 Å². The average molecular weight is 574 g/mol. The number of hydrogen-bond acceptors (Lipinski definition) is 2. The SMILES string of the molecule is CCCCCCCCCCCCCC(=O)N(CC(=O)N(CCc1c[nH]c2ccccc12)Cc1ccccc1)CC(C)C. The van der Waals surface area contributed by atoms with Crippen LogP contribution in [0.2, 0.25) is 0 Å². The van der Waals surface area contributed by atoms with Gasteiger partial charge in [0.15, 0.2) is 0 Å². The molecule has 42 heavy (non-hydrogen) atoms. The summed E-state index contributed by atoms with van der Waals surface area (Å²) >= 11 is 0. The molecule has 0 aliphatic heterocycles. The molecule has 0 saturated carbocycles. The molecule has 0 radical (unpaired) electrons. The average Bonchev–Trinajstić information content (AvgIpc) is 3.41. The van der Waals surface area contributed by atoms with Crippen LogP contribution in [0.4, 0.5) is 0 Å². The van der Waals surface area contributed by atoms with E-state index in [1.165, 1.54) is 68.7 Å². The number of nitrogens with zero attached hydrogens (tertiary/aromatic N) is 2. The largest absolute Gasteiger partial charge is 0.361 e. The quantitative estimate of drug-likeness (QED) is 0.129. The highest BCUT2D eigenvalue weighted by Gasteiger charge is 2.22. The number of carbonyl (C=O) groups is 2. The van der Waals surface area contributed by atoms with Crippen molar-refractivity contribution in [1.82, 2.24) is 14.8 Å². The van der Waals surface area contributed by atoms with Crippen LogP contribution in [0.15, 0.2) is 60.8 Å². The minimum absolute atomic E-state index is 0.0200. The predicted molar refractivity (Wildman–Crippen MR) is 176 cm³/mol. The van der Waals surface area contributed by atoms with Gasteiger partial charge < -0.3 is 14.8 Å². The number of H-pyrrole nitrogens is 1.